The molecule has 1 heterocycles. The Bertz CT molecular complexity index is 912. The van der Waals surface area contributed by atoms with Gasteiger partial charge in [-0.25, -0.2) is 0 Å². The van der Waals surface area contributed by atoms with Crippen molar-refractivity contribution in [3.05, 3.63) is 74.4 Å². The average molecular weight is 524 g/mol. The smallest absolute Gasteiger partial charge is 0.307 e. The topological polar surface area (TPSA) is 40.5 Å². The first kappa shape index (κ1) is 22.3. The first-order valence-corrected chi connectivity index (χ1v) is 11.2. The van der Waals surface area contributed by atoms with Gasteiger partial charge in [-0.2, -0.15) is 0 Å². The highest BCUT2D eigenvalue weighted by Crippen LogP contribution is 2.34. The van der Waals surface area contributed by atoms with Crippen LogP contribution in [0.25, 0.3) is 5.57 Å². The van der Waals surface area contributed by atoms with Gasteiger partial charge in [-0.15, -0.1) is 12.4 Å². The van der Waals surface area contributed by atoms with Crippen molar-refractivity contribution < 1.29 is 9.90 Å². The fourth-order valence-electron chi connectivity index (χ4n) is 4.52. The maximum absolute atomic E-state index is 11.3. The van der Waals surface area contributed by atoms with Gasteiger partial charge in [0, 0.05) is 16.7 Å². The van der Waals surface area contributed by atoms with E-state index in [-0.39, 0.29) is 18.3 Å². The Kier molecular flexibility index (Phi) is 7.77. The lowest BCUT2D eigenvalue weighted by Crippen LogP contribution is -2.39. The molecule has 0 unspecified atom stereocenters. The summed E-state index contributed by atoms with van der Waals surface area (Å²) in [7, 11) is 0. The monoisotopic (exact) mass is 523 g/mol. The molecule has 1 aliphatic heterocycles. The van der Waals surface area contributed by atoms with Gasteiger partial charge >= 0.3 is 5.97 Å². The SMILES string of the molecule is Cl.O=C(O)[C@@H]1CCCN(CC/C=C2/c3ccccc3CCc3cc(I)ccc32)C1. The van der Waals surface area contributed by atoms with E-state index in [1.54, 1.807) is 0 Å². The lowest BCUT2D eigenvalue weighted by molar-refractivity contribution is -0.143. The molecule has 154 valence electrons. The number of likely N-dealkylation sites (tertiary alicyclic amines) is 1. The van der Waals surface area contributed by atoms with Crippen LogP contribution in [0.1, 0.15) is 41.5 Å². The molecule has 5 heteroatoms. The van der Waals surface area contributed by atoms with E-state index in [1.165, 1.54) is 31.4 Å². The summed E-state index contributed by atoms with van der Waals surface area (Å²) in [6.07, 6.45) is 7.27. The average Bonchev–Trinajstić information content (AvgIpc) is 2.85. The van der Waals surface area contributed by atoms with E-state index < -0.39 is 5.97 Å². The maximum atomic E-state index is 11.3. The van der Waals surface area contributed by atoms with Gasteiger partial charge in [0.2, 0.25) is 0 Å². The van der Waals surface area contributed by atoms with Gasteiger partial charge in [0.05, 0.1) is 5.92 Å². The Balaban J connectivity index is 0.00000240. The van der Waals surface area contributed by atoms with Gasteiger partial charge in [-0.05, 0) is 101 Å². The van der Waals surface area contributed by atoms with E-state index in [0.717, 1.165) is 45.2 Å². The summed E-state index contributed by atoms with van der Waals surface area (Å²) in [5.41, 5.74) is 6.89. The number of hydrogen-bond donors (Lipinski definition) is 1. The molecule has 3 nitrogen and oxygen atoms in total. The number of aryl methyl sites for hydroxylation is 2. The Morgan fingerprint density at radius 2 is 1.90 bits per heavy atom. The highest BCUT2D eigenvalue weighted by molar-refractivity contribution is 14.1. The predicted molar refractivity (Wildman–Crippen MR) is 129 cm³/mol. The quantitative estimate of drug-likeness (QED) is 0.543. The fourth-order valence-corrected chi connectivity index (χ4v) is 5.07. The maximum Gasteiger partial charge on any atom is 0.307 e. The fraction of sp³-hybridized carbons (Fsp3) is 0.375. The summed E-state index contributed by atoms with van der Waals surface area (Å²) < 4.78 is 1.29. The van der Waals surface area contributed by atoms with Gasteiger partial charge in [-0.1, -0.05) is 36.4 Å². The van der Waals surface area contributed by atoms with Crippen molar-refractivity contribution in [3.63, 3.8) is 0 Å². The number of aliphatic carboxylic acids is 1. The van der Waals surface area contributed by atoms with Crippen LogP contribution in [0.5, 0.6) is 0 Å². The summed E-state index contributed by atoms with van der Waals surface area (Å²) >= 11 is 2.40. The number of fused-ring (bicyclic) bond motifs is 2. The van der Waals surface area contributed by atoms with Crippen molar-refractivity contribution >= 4 is 46.5 Å². The van der Waals surface area contributed by atoms with Crippen LogP contribution < -0.4 is 0 Å². The molecule has 1 atom stereocenters. The number of nitrogens with zero attached hydrogens (tertiary/aromatic N) is 1. The highest BCUT2D eigenvalue weighted by Gasteiger charge is 2.25. The van der Waals surface area contributed by atoms with Crippen LogP contribution in [-0.2, 0) is 17.6 Å². The molecular weight excluding hydrogens is 497 g/mol. The first-order chi connectivity index (χ1) is 13.6. The summed E-state index contributed by atoms with van der Waals surface area (Å²) in [6.45, 7) is 2.62. The van der Waals surface area contributed by atoms with E-state index in [1.807, 2.05) is 0 Å². The highest BCUT2D eigenvalue weighted by atomic mass is 127. The summed E-state index contributed by atoms with van der Waals surface area (Å²) in [4.78, 5) is 13.6. The van der Waals surface area contributed by atoms with E-state index >= 15 is 0 Å². The molecule has 1 aliphatic carbocycles. The normalized spacial score (nSPS) is 20.3. The number of carboxylic acid groups (broad SMARTS) is 1. The number of carboxylic acids is 1. The summed E-state index contributed by atoms with van der Waals surface area (Å²) in [6, 6.07) is 15.5. The number of benzene rings is 2. The van der Waals surface area contributed by atoms with Crippen molar-refractivity contribution in [1.29, 1.82) is 0 Å². The molecule has 0 aromatic heterocycles. The largest absolute Gasteiger partial charge is 0.481 e. The second-order valence-corrected chi connectivity index (χ2v) is 9.09. The first-order valence-electron chi connectivity index (χ1n) is 10.1. The van der Waals surface area contributed by atoms with Crippen LogP contribution in [0.3, 0.4) is 0 Å². The number of carbonyl (C=O) groups is 1. The number of piperidine rings is 1. The molecule has 2 aromatic rings. The van der Waals surface area contributed by atoms with Gasteiger partial charge in [0.15, 0.2) is 0 Å². The molecule has 0 amide bonds. The third-order valence-corrected chi connectivity index (χ3v) is 6.65. The minimum atomic E-state index is -0.649. The molecule has 2 aliphatic rings. The molecule has 29 heavy (non-hydrogen) atoms. The second-order valence-electron chi connectivity index (χ2n) is 7.84. The molecule has 1 N–H and O–H groups in total. The van der Waals surface area contributed by atoms with Crippen molar-refractivity contribution in [3.8, 4) is 0 Å². The van der Waals surface area contributed by atoms with Crippen molar-refractivity contribution in [2.24, 2.45) is 5.92 Å². The Hall–Kier alpha value is -1.37. The molecule has 0 spiro atoms. The molecular formula is C24H27ClINO2. The lowest BCUT2D eigenvalue weighted by atomic mass is 9.93. The molecule has 4 rings (SSSR count). The van der Waals surface area contributed by atoms with Crippen molar-refractivity contribution in [2.45, 2.75) is 32.1 Å². The predicted octanol–water partition coefficient (Wildman–Crippen LogP) is 5.43. The zero-order chi connectivity index (χ0) is 19.5. The van der Waals surface area contributed by atoms with Crippen LogP contribution in [0.4, 0.5) is 0 Å². The van der Waals surface area contributed by atoms with E-state index in [9.17, 15) is 9.90 Å². The zero-order valence-corrected chi connectivity index (χ0v) is 19.4. The van der Waals surface area contributed by atoms with Gasteiger partial charge in [-0.3, -0.25) is 4.79 Å². The number of hydrogen-bond acceptors (Lipinski definition) is 2. The zero-order valence-electron chi connectivity index (χ0n) is 16.4. The Morgan fingerprint density at radius 1 is 1.14 bits per heavy atom. The van der Waals surface area contributed by atoms with E-state index in [0.29, 0.717) is 6.54 Å². The van der Waals surface area contributed by atoms with Crippen LogP contribution in [0.15, 0.2) is 48.5 Å². The second kappa shape index (κ2) is 10.1. The van der Waals surface area contributed by atoms with Gasteiger partial charge < -0.3 is 10.0 Å². The Morgan fingerprint density at radius 3 is 2.72 bits per heavy atom. The minimum absolute atomic E-state index is 0. The van der Waals surface area contributed by atoms with Gasteiger partial charge in [0.1, 0.15) is 0 Å². The number of halogens is 2. The van der Waals surface area contributed by atoms with E-state index in [4.69, 9.17) is 0 Å². The standard InChI is InChI=1S/C24H26INO2.ClH/c25-20-11-12-22-18(15-20)10-9-17-5-1-2-7-21(17)23(22)8-4-14-26-13-3-6-19(16-26)24(27)28;/h1-2,5,7-8,11-12,15,19H,3-4,6,9-10,13-14,16H2,(H,27,28);1H/b23-8-;/t19-;/m1./s1. The van der Waals surface area contributed by atoms with Crippen LogP contribution in [-0.4, -0.2) is 35.6 Å². The van der Waals surface area contributed by atoms with E-state index in [2.05, 4.69) is 76.0 Å². The lowest BCUT2D eigenvalue weighted by Gasteiger charge is -2.30. The molecule has 1 saturated heterocycles. The minimum Gasteiger partial charge on any atom is -0.481 e. The molecule has 0 saturated carbocycles. The molecule has 2 aromatic carbocycles. The van der Waals surface area contributed by atoms with Crippen LogP contribution >= 0.6 is 35.0 Å². The molecule has 1 fully saturated rings. The molecule has 0 radical (unpaired) electrons. The van der Waals surface area contributed by atoms with Crippen molar-refractivity contribution in [2.75, 3.05) is 19.6 Å². The third-order valence-electron chi connectivity index (χ3n) is 5.98. The molecule has 0 bridgehead atoms. The van der Waals surface area contributed by atoms with Crippen molar-refractivity contribution in [1.82, 2.24) is 4.90 Å². The summed E-state index contributed by atoms with van der Waals surface area (Å²) in [5.74, 6) is -0.855. The number of rotatable bonds is 4. The van der Waals surface area contributed by atoms with Crippen LogP contribution in [0, 0.1) is 9.49 Å². The van der Waals surface area contributed by atoms with Gasteiger partial charge in [0.25, 0.3) is 0 Å². The summed E-state index contributed by atoms with van der Waals surface area (Å²) in [5, 5.41) is 9.32. The third kappa shape index (κ3) is 5.22. The van der Waals surface area contributed by atoms with Crippen LogP contribution in [0.2, 0.25) is 0 Å². The Labute approximate surface area is 192 Å².